The van der Waals surface area contributed by atoms with E-state index in [1.165, 1.54) is 0 Å². The smallest absolute Gasteiger partial charge is 0.168 e. The van der Waals surface area contributed by atoms with Crippen LogP contribution in [-0.2, 0) is 23.7 Å². The Bertz CT molecular complexity index is 315. The van der Waals surface area contributed by atoms with Crippen molar-refractivity contribution in [2.75, 3.05) is 72.4 Å². The van der Waals surface area contributed by atoms with Gasteiger partial charge in [0.05, 0.1) is 46.2 Å². The molecule has 0 bridgehead atoms. The third-order valence-electron chi connectivity index (χ3n) is 3.55. The monoisotopic (exact) mass is 346 g/mol. The van der Waals surface area contributed by atoms with Crippen LogP contribution in [0.1, 0.15) is 20.8 Å². The lowest BCUT2D eigenvalue weighted by atomic mass is 9.87. The summed E-state index contributed by atoms with van der Waals surface area (Å²) in [6.07, 6.45) is -0.464. The summed E-state index contributed by atoms with van der Waals surface area (Å²) in [6, 6.07) is 0. The predicted molar refractivity (Wildman–Crippen MR) is 92.4 cm³/mol. The molecule has 0 aromatic carbocycles. The molecule has 7 nitrogen and oxygen atoms in total. The second kappa shape index (κ2) is 12.7. The zero-order valence-electron chi connectivity index (χ0n) is 15.4. The van der Waals surface area contributed by atoms with Crippen LogP contribution in [-0.4, -0.2) is 84.3 Å². The minimum Gasteiger partial charge on any atom is -0.378 e. The molecule has 0 spiro atoms. The standard InChI is InChI=1S/C17H34N2O5/c1-17(2,3)16(20)15-14-19-6-9-22-11-10-21-7-4-18-5-8-23-12-13-24-15/h15,18-19H,4-14H2,1-3H3. The fraction of sp³-hybridized carbons (Fsp3) is 0.941. The first kappa shape index (κ1) is 21.5. The summed E-state index contributed by atoms with van der Waals surface area (Å²) in [5, 5.41) is 6.47. The first-order chi connectivity index (χ1) is 11.5. The molecule has 1 atom stereocenters. The van der Waals surface area contributed by atoms with Gasteiger partial charge < -0.3 is 29.6 Å². The van der Waals surface area contributed by atoms with Gasteiger partial charge in [-0.05, 0) is 0 Å². The number of carbonyl (C=O) groups excluding carboxylic acids is 1. The van der Waals surface area contributed by atoms with Gasteiger partial charge in [-0.3, -0.25) is 4.79 Å². The molecule has 1 unspecified atom stereocenters. The van der Waals surface area contributed by atoms with Crippen molar-refractivity contribution in [2.24, 2.45) is 5.41 Å². The molecule has 0 aromatic rings. The maximum atomic E-state index is 12.5. The Morgan fingerprint density at radius 2 is 1.29 bits per heavy atom. The summed E-state index contributed by atoms with van der Waals surface area (Å²) in [5.41, 5.74) is -0.429. The number of nitrogens with one attached hydrogen (secondary N) is 2. The largest absolute Gasteiger partial charge is 0.378 e. The summed E-state index contributed by atoms with van der Waals surface area (Å²) in [7, 11) is 0. The molecule has 1 rings (SSSR count). The fourth-order valence-corrected chi connectivity index (χ4v) is 2.17. The summed E-state index contributed by atoms with van der Waals surface area (Å²) >= 11 is 0. The van der Waals surface area contributed by atoms with Crippen molar-refractivity contribution in [3.05, 3.63) is 0 Å². The molecular weight excluding hydrogens is 312 g/mol. The molecule has 0 amide bonds. The molecule has 1 fully saturated rings. The highest BCUT2D eigenvalue weighted by Crippen LogP contribution is 2.18. The van der Waals surface area contributed by atoms with Crippen molar-refractivity contribution in [3.8, 4) is 0 Å². The summed E-state index contributed by atoms with van der Waals surface area (Å²) < 4.78 is 22.2. The number of ketones is 1. The first-order valence-corrected chi connectivity index (χ1v) is 8.82. The molecule has 1 aliphatic heterocycles. The van der Waals surface area contributed by atoms with Crippen LogP contribution in [0, 0.1) is 5.41 Å². The van der Waals surface area contributed by atoms with Crippen LogP contribution < -0.4 is 10.6 Å². The van der Waals surface area contributed by atoms with Crippen LogP contribution in [0.5, 0.6) is 0 Å². The third-order valence-corrected chi connectivity index (χ3v) is 3.55. The maximum Gasteiger partial charge on any atom is 0.168 e. The van der Waals surface area contributed by atoms with Crippen molar-refractivity contribution in [1.82, 2.24) is 10.6 Å². The normalized spacial score (nSPS) is 24.7. The van der Waals surface area contributed by atoms with E-state index in [-0.39, 0.29) is 5.78 Å². The van der Waals surface area contributed by atoms with Crippen LogP contribution in [0.2, 0.25) is 0 Å². The van der Waals surface area contributed by atoms with Gasteiger partial charge in [-0.15, -0.1) is 0 Å². The van der Waals surface area contributed by atoms with Gasteiger partial charge in [0.15, 0.2) is 5.78 Å². The summed E-state index contributed by atoms with van der Waals surface area (Å²) in [6.45, 7) is 12.4. The molecule has 2 N–H and O–H groups in total. The van der Waals surface area contributed by atoms with Crippen LogP contribution in [0.4, 0.5) is 0 Å². The van der Waals surface area contributed by atoms with Gasteiger partial charge in [0.2, 0.25) is 0 Å². The molecular formula is C17H34N2O5. The quantitative estimate of drug-likeness (QED) is 0.704. The lowest BCUT2D eigenvalue weighted by Crippen LogP contribution is -2.43. The SMILES string of the molecule is CC(C)(C)C(=O)C1CNCCOCCOCCNCCOCCO1. The molecule has 142 valence electrons. The molecule has 0 radical (unpaired) electrons. The average Bonchev–Trinajstić information content (AvgIpc) is 2.53. The van der Waals surface area contributed by atoms with E-state index in [4.69, 9.17) is 18.9 Å². The van der Waals surface area contributed by atoms with Crippen molar-refractivity contribution < 1.29 is 23.7 Å². The Labute approximate surface area is 145 Å². The van der Waals surface area contributed by atoms with E-state index in [2.05, 4.69) is 10.6 Å². The molecule has 0 aromatic heterocycles. The Morgan fingerprint density at radius 1 is 0.792 bits per heavy atom. The van der Waals surface area contributed by atoms with Crippen molar-refractivity contribution in [2.45, 2.75) is 26.9 Å². The average molecular weight is 346 g/mol. The van der Waals surface area contributed by atoms with E-state index in [9.17, 15) is 4.79 Å². The molecule has 0 saturated carbocycles. The second-order valence-electron chi connectivity index (χ2n) is 6.76. The molecule has 24 heavy (non-hydrogen) atoms. The zero-order valence-corrected chi connectivity index (χ0v) is 15.4. The van der Waals surface area contributed by atoms with Gasteiger partial charge >= 0.3 is 0 Å². The Hall–Kier alpha value is -0.570. The van der Waals surface area contributed by atoms with Crippen LogP contribution in [0.25, 0.3) is 0 Å². The van der Waals surface area contributed by atoms with E-state index in [0.717, 1.165) is 13.1 Å². The minimum atomic E-state index is -0.464. The van der Waals surface area contributed by atoms with Crippen LogP contribution in [0.15, 0.2) is 0 Å². The van der Waals surface area contributed by atoms with E-state index in [0.29, 0.717) is 59.3 Å². The van der Waals surface area contributed by atoms with E-state index in [1.54, 1.807) is 0 Å². The van der Waals surface area contributed by atoms with Gasteiger partial charge in [0.1, 0.15) is 6.10 Å². The van der Waals surface area contributed by atoms with Gasteiger partial charge in [-0.25, -0.2) is 0 Å². The van der Waals surface area contributed by atoms with E-state index >= 15 is 0 Å². The van der Waals surface area contributed by atoms with Gasteiger partial charge in [0.25, 0.3) is 0 Å². The topological polar surface area (TPSA) is 78.1 Å². The van der Waals surface area contributed by atoms with Crippen LogP contribution in [0.3, 0.4) is 0 Å². The lowest BCUT2D eigenvalue weighted by Gasteiger charge is -2.25. The highest BCUT2D eigenvalue weighted by Gasteiger charge is 2.30. The summed E-state index contributed by atoms with van der Waals surface area (Å²) in [4.78, 5) is 12.5. The Morgan fingerprint density at radius 3 is 1.83 bits per heavy atom. The van der Waals surface area contributed by atoms with Crippen LogP contribution >= 0.6 is 0 Å². The van der Waals surface area contributed by atoms with Gasteiger partial charge in [-0.2, -0.15) is 0 Å². The summed E-state index contributed by atoms with van der Waals surface area (Å²) in [5.74, 6) is 0.0976. The third kappa shape index (κ3) is 10.3. The van der Waals surface area contributed by atoms with Gasteiger partial charge in [0, 0.05) is 31.6 Å². The number of Topliss-reactive ketones (excluding diaryl/α,β-unsaturated/α-hetero) is 1. The van der Waals surface area contributed by atoms with Gasteiger partial charge in [-0.1, -0.05) is 20.8 Å². The second-order valence-corrected chi connectivity index (χ2v) is 6.76. The van der Waals surface area contributed by atoms with E-state index < -0.39 is 11.5 Å². The number of rotatable bonds is 1. The highest BCUT2D eigenvalue weighted by atomic mass is 16.5. The number of ether oxygens (including phenoxy) is 4. The molecule has 7 heteroatoms. The van der Waals surface area contributed by atoms with Crippen molar-refractivity contribution >= 4 is 5.78 Å². The Kier molecular flexibility index (Phi) is 11.4. The Balaban J connectivity index is 2.41. The first-order valence-electron chi connectivity index (χ1n) is 8.82. The van der Waals surface area contributed by atoms with Crippen molar-refractivity contribution in [3.63, 3.8) is 0 Å². The number of hydrogen-bond donors (Lipinski definition) is 2. The molecule has 1 saturated heterocycles. The molecule has 1 aliphatic rings. The fourth-order valence-electron chi connectivity index (χ4n) is 2.17. The number of hydrogen-bond acceptors (Lipinski definition) is 7. The minimum absolute atomic E-state index is 0.0976. The lowest BCUT2D eigenvalue weighted by molar-refractivity contribution is -0.139. The maximum absolute atomic E-state index is 12.5. The zero-order chi connectivity index (χ0) is 17.7. The molecule has 0 aliphatic carbocycles. The van der Waals surface area contributed by atoms with Crippen molar-refractivity contribution in [1.29, 1.82) is 0 Å². The van der Waals surface area contributed by atoms with E-state index in [1.807, 2.05) is 20.8 Å². The molecule has 1 heterocycles. The predicted octanol–water partition coefficient (Wildman–Crippen LogP) is 0.229. The highest BCUT2D eigenvalue weighted by molar-refractivity contribution is 5.88. The number of carbonyl (C=O) groups is 1.